The van der Waals surface area contributed by atoms with Gasteiger partial charge in [0, 0.05) is 45.2 Å². The maximum Gasteiger partial charge on any atom is 0.303 e. The van der Waals surface area contributed by atoms with Crippen LogP contribution in [-0.4, -0.2) is 67.3 Å². The third-order valence-electron chi connectivity index (χ3n) is 5.53. The zero-order chi connectivity index (χ0) is 27.7. The highest BCUT2D eigenvalue weighted by Gasteiger charge is 2.53. The van der Waals surface area contributed by atoms with Crippen molar-refractivity contribution in [1.82, 2.24) is 0 Å². The number of hydrogen-bond donors (Lipinski definition) is 0. The summed E-state index contributed by atoms with van der Waals surface area (Å²) in [5.74, 6) is 9.71. The van der Waals surface area contributed by atoms with Gasteiger partial charge in [-0.1, -0.05) is 35.8 Å². The maximum absolute atomic E-state index is 12.0. The molecule has 0 N–H and O–H groups in total. The van der Waals surface area contributed by atoms with Crippen LogP contribution in [0.2, 0.25) is 0 Å². The second-order valence-electron chi connectivity index (χ2n) is 8.70. The van der Waals surface area contributed by atoms with E-state index in [1.807, 2.05) is 24.3 Å². The molecule has 202 valence electrons. The smallest absolute Gasteiger partial charge is 0.303 e. The lowest BCUT2D eigenvalue weighted by Crippen LogP contribution is -2.63. The van der Waals surface area contributed by atoms with Crippen LogP contribution >= 0.6 is 0 Å². The van der Waals surface area contributed by atoms with Gasteiger partial charge in [0.1, 0.15) is 18.8 Å². The zero-order valence-corrected chi connectivity index (χ0v) is 21.7. The lowest BCUT2D eigenvalue weighted by Gasteiger charge is -2.44. The van der Waals surface area contributed by atoms with Gasteiger partial charge in [0.15, 0.2) is 18.3 Å². The molecule has 0 bridgehead atoms. The fourth-order valence-electron chi connectivity index (χ4n) is 4.03. The SMILES string of the molecule is CC(=O)OC[C@@H]1O[C@H](O[C@@H]2C#Cc3ccccc3C#CCCC2)[C@@H](OC(C)=O)[C@H](OC(C)=O)[C@H]1OC(C)=O. The largest absolute Gasteiger partial charge is 0.463 e. The molecule has 3 rings (SSSR count). The normalized spacial score (nSPS) is 26.1. The van der Waals surface area contributed by atoms with E-state index in [9.17, 15) is 19.2 Å². The molecule has 1 aliphatic heterocycles. The highest BCUT2D eigenvalue weighted by molar-refractivity contribution is 5.68. The van der Waals surface area contributed by atoms with Crippen LogP contribution in [0.3, 0.4) is 0 Å². The molecule has 2 aliphatic rings. The summed E-state index contributed by atoms with van der Waals surface area (Å²) in [4.78, 5) is 47.4. The molecule has 0 saturated carbocycles. The fourth-order valence-corrected chi connectivity index (χ4v) is 4.03. The first-order chi connectivity index (χ1) is 18.1. The lowest BCUT2D eigenvalue weighted by molar-refractivity contribution is -0.313. The first-order valence-electron chi connectivity index (χ1n) is 12.2. The summed E-state index contributed by atoms with van der Waals surface area (Å²) in [7, 11) is 0. The predicted octanol–water partition coefficient (Wildman–Crippen LogP) is 2.04. The van der Waals surface area contributed by atoms with Gasteiger partial charge in [0.05, 0.1) is 0 Å². The molecule has 1 saturated heterocycles. The number of fused-ring (bicyclic) bond motifs is 1. The molecule has 6 atom stereocenters. The summed E-state index contributed by atoms with van der Waals surface area (Å²) in [5.41, 5.74) is 1.53. The van der Waals surface area contributed by atoms with Gasteiger partial charge >= 0.3 is 23.9 Å². The van der Waals surface area contributed by atoms with Crippen LogP contribution in [0.15, 0.2) is 24.3 Å². The Morgan fingerprint density at radius 2 is 1.45 bits per heavy atom. The average Bonchev–Trinajstić information content (AvgIpc) is 2.84. The Hall–Kier alpha value is -3.86. The molecule has 1 aliphatic carbocycles. The third-order valence-corrected chi connectivity index (χ3v) is 5.53. The molecule has 0 amide bonds. The van der Waals surface area contributed by atoms with E-state index >= 15 is 0 Å². The molecule has 10 heteroatoms. The van der Waals surface area contributed by atoms with Crippen molar-refractivity contribution in [2.75, 3.05) is 6.61 Å². The molecule has 1 aromatic rings. The van der Waals surface area contributed by atoms with Crippen LogP contribution in [0.5, 0.6) is 0 Å². The number of benzene rings is 1. The summed E-state index contributed by atoms with van der Waals surface area (Å²) in [5, 5.41) is 0. The molecule has 38 heavy (non-hydrogen) atoms. The summed E-state index contributed by atoms with van der Waals surface area (Å²) in [6.07, 6.45) is -5.18. The number of carbonyl (C=O) groups is 4. The van der Waals surface area contributed by atoms with Gasteiger partial charge in [-0.15, -0.1) is 0 Å². The Kier molecular flexibility index (Phi) is 10.3. The van der Waals surface area contributed by atoms with Gasteiger partial charge in [-0.25, -0.2) is 0 Å². The van der Waals surface area contributed by atoms with Gasteiger partial charge in [0.25, 0.3) is 0 Å². The number of ether oxygens (including phenoxy) is 6. The molecule has 0 spiro atoms. The Morgan fingerprint density at radius 1 is 0.842 bits per heavy atom. The molecule has 0 aromatic heterocycles. The van der Waals surface area contributed by atoms with Crippen LogP contribution in [-0.2, 0) is 47.6 Å². The van der Waals surface area contributed by atoms with Crippen LogP contribution in [0.1, 0.15) is 58.1 Å². The minimum Gasteiger partial charge on any atom is -0.463 e. The summed E-state index contributed by atoms with van der Waals surface area (Å²) in [6, 6.07) is 7.47. The number of carbonyl (C=O) groups excluding carboxylic acids is 4. The lowest BCUT2D eigenvalue weighted by atomic mass is 9.98. The van der Waals surface area contributed by atoms with E-state index < -0.39 is 60.7 Å². The monoisotopic (exact) mass is 526 g/mol. The standard InChI is InChI=1S/C28H30O10/c1-17(29)33-16-24-25(34-18(2)30)26(35-19(3)31)27(36-20(4)32)28(38-24)37-23-13-7-5-6-10-21-11-8-9-12-22(21)14-15-23/h8-9,11-12,23-28H,5,7,13,16H2,1-4H3/t23-,24-,25-,26+,27-,28-/m0/s1. The van der Waals surface area contributed by atoms with Crippen molar-refractivity contribution >= 4 is 23.9 Å². The van der Waals surface area contributed by atoms with Crippen LogP contribution in [0.25, 0.3) is 0 Å². The molecular formula is C28H30O10. The van der Waals surface area contributed by atoms with Gasteiger partial charge in [-0.2, -0.15) is 0 Å². The van der Waals surface area contributed by atoms with Crippen molar-refractivity contribution in [3.8, 4) is 23.7 Å². The Morgan fingerprint density at radius 3 is 2.08 bits per heavy atom. The highest BCUT2D eigenvalue weighted by atomic mass is 16.7. The fraction of sp³-hybridized carbons (Fsp3) is 0.500. The maximum atomic E-state index is 12.0. The Bertz CT molecular complexity index is 1170. The zero-order valence-electron chi connectivity index (χ0n) is 21.7. The molecule has 10 nitrogen and oxygen atoms in total. The van der Waals surface area contributed by atoms with E-state index in [1.54, 1.807) is 0 Å². The summed E-state index contributed by atoms with van der Waals surface area (Å²) >= 11 is 0. The molecule has 1 heterocycles. The minimum atomic E-state index is -1.31. The van der Waals surface area contributed by atoms with E-state index in [2.05, 4.69) is 23.7 Å². The van der Waals surface area contributed by atoms with Crippen molar-refractivity contribution in [1.29, 1.82) is 0 Å². The van der Waals surface area contributed by atoms with Gasteiger partial charge in [-0.3, -0.25) is 19.2 Å². The van der Waals surface area contributed by atoms with Crippen LogP contribution in [0, 0.1) is 23.7 Å². The van der Waals surface area contributed by atoms with Gasteiger partial charge in [0.2, 0.25) is 6.29 Å². The van der Waals surface area contributed by atoms with E-state index in [-0.39, 0.29) is 6.61 Å². The van der Waals surface area contributed by atoms with E-state index in [0.717, 1.165) is 25.0 Å². The highest BCUT2D eigenvalue weighted by Crippen LogP contribution is 2.31. The van der Waals surface area contributed by atoms with Crippen molar-refractivity contribution in [3.05, 3.63) is 35.4 Å². The molecule has 1 aromatic carbocycles. The van der Waals surface area contributed by atoms with Crippen molar-refractivity contribution < 1.29 is 47.6 Å². The summed E-state index contributed by atoms with van der Waals surface area (Å²) in [6.45, 7) is 4.36. The Balaban J connectivity index is 1.97. The first kappa shape index (κ1) is 28.7. The predicted molar refractivity (Wildman–Crippen MR) is 131 cm³/mol. The first-order valence-corrected chi connectivity index (χ1v) is 12.2. The van der Waals surface area contributed by atoms with Gasteiger partial charge in [-0.05, 0) is 25.0 Å². The van der Waals surface area contributed by atoms with E-state index in [1.165, 1.54) is 13.8 Å². The quantitative estimate of drug-likeness (QED) is 0.296. The van der Waals surface area contributed by atoms with Crippen molar-refractivity contribution in [2.45, 2.75) is 83.8 Å². The van der Waals surface area contributed by atoms with Gasteiger partial charge < -0.3 is 28.4 Å². The second kappa shape index (κ2) is 13.6. The second-order valence-corrected chi connectivity index (χ2v) is 8.70. The molecule has 0 radical (unpaired) electrons. The third kappa shape index (κ3) is 8.34. The van der Waals surface area contributed by atoms with Crippen molar-refractivity contribution in [3.63, 3.8) is 0 Å². The average molecular weight is 527 g/mol. The molecule has 0 unspecified atom stereocenters. The van der Waals surface area contributed by atoms with E-state index in [4.69, 9.17) is 28.4 Å². The van der Waals surface area contributed by atoms with Crippen LogP contribution < -0.4 is 0 Å². The van der Waals surface area contributed by atoms with E-state index in [0.29, 0.717) is 19.3 Å². The number of rotatable bonds is 7. The Labute approximate surface area is 221 Å². The number of hydrogen-bond acceptors (Lipinski definition) is 10. The minimum absolute atomic E-state index is 0.336. The number of esters is 4. The summed E-state index contributed by atoms with van der Waals surface area (Å²) < 4.78 is 33.6. The topological polar surface area (TPSA) is 124 Å². The molecule has 1 fully saturated rings. The van der Waals surface area contributed by atoms with Crippen molar-refractivity contribution in [2.24, 2.45) is 0 Å². The molecular weight excluding hydrogens is 496 g/mol. The van der Waals surface area contributed by atoms with Crippen LogP contribution in [0.4, 0.5) is 0 Å².